The third kappa shape index (κ3) is 5.51. The number of pyridine rings is 1. The van der Waals surface area contributed by atoms with Crippen LogP contribution in [0.1, 0.15) is 11.1 Å². The zero-order valence-electron chi connectivity index (χ0n) is 17.4. The normalized spacial score (nSPS) is 11.6. The van der Waals surface area contributed by atoms with Crippen LogP contribution in [-0.2, 0) is 37.5 Å². The van der Waals surface area contributed by atoms with Crippen LogP contribution in [0.15, 0.2) is 72.0 Å². The van der Waals surface area contributed by atoms with Gasteiger partial charge in [-0.15, -0.1) is 0 Å². The molecule has 0 aliphatic carbocycles. The van der Waals surface area contributed by atoms with Gasteiger partial charge in [0.2, 0.25) is 0 Å². The summed E-state index contributed by atoms with van der Waals surface area (Å²) in [5, 5.41) is 11.5. The Morgan fingerprint density at radius 2 is 2.03 bits per heavy atom. The van der Waals surface area contributed by atoms with E-state index < -0.39 is 34.4 Å². The standard InChI is InChI=1S/C22H20FN3O6S/c1-24-11-15-10-19(26(13-15)33(30,31)17-5-3-9-25-12-17)18-6-2-4-16(22(18)23)14-32-21(29)8-7-20(27)28/h2-10,12-13,24H,11,14H2,1H3,(H,27,28)/b8-7+. The fourth-order valence-electron chi connectivity index (χ4n) is 3.03. The van der Waals surface area contributed by atoms with Gasteiger partial charge in [0.05, 0.1) is 5.69 Å². The Balaban J connectivity index is 2.02. The van der Waals surface area contributed by atoms with Gasteiger partial charge < -0.3 is 15.2 Å². The second-order valence-corrected chi connectivity index (χ2v) is 8.63. The number of nitrogens with zero attached hydrogens (tertiary/aromatic N) is 2. The first-order valence-corrected chi connectivity index (χ1v) is 11.0. The molecule has 0 saturated carbocycles. The summed E-state index contributed by atoms with van der Waals surface area (Å²) in [5.41, 5.74) is 0.668. The lowest BCUT2D eigenvalue weighted by Gasteiger charge is -2.13. The van der Waals surface area contributed by atoms with Crippen molar-refractivity contribution in [3.8, 4) is 11.3 Å². The Morgan fingerprint density at radius 1 is 1.24 bits per heavy atom. The molecule has 11 heteroatoms. The van der Waals surface area contributed by atoms with Crippen LogP contribution >= 0.6 is 0 Å². The number of aromatic nitrogens is 2. The zero-order chi connectivity index (χ0) is 24.0. The van der Waals surface area contributed by atoms with Gasteiger partial charge in [-0.1, -0.05) is 12.1 Å². The summed E-state index contributed by atoms with van der Waals surface area (Å²) in [6.45, 7) is -0.126. The molecular formula is C22H20FN3O6S. The predicted molar refractivity (Wildman–Crippen MR) is 116 cm³/mol. The smallest absolute Gasteiger partial charge is 0.331 e. The number of aliphatic carboxylic acids is 1. The van der Waals surface area contributed by atoms with Gasteiger partial charge in [0, 0.05) is 48.4 Å². The zero-order valence-corrected chi connectivity index (χ0v) is 18.3. The minimum Gasteiger partial charge on any atom is -0.478 e. The molecule has 0 atom stereocenters. The molecule has 0 amide bonds. The molecule has 3 rings (SSSR count). The van der Waals surface area contributed by atoms with E-state index in [1.165, 1.54) is 48.9 Å². The molecule has 2 N–H and O–H groups in total. The van der Waals surface area contributed by atoms with E-state index in [2.05, 4.69) is 10.3 Å². The lowest BCUT2D eigenvalue weighted by Crippen LogP contribution is -2.14. The first kappa shape index (κ1) is 23.8. The highest BCUT2D eigenvalue weighted by molar-refractivity contribution is 7.90. The molecule has 9 nitrogen and oxygen atoms in total. The average Bonchev–Trinajstić information content (AvgIpc) is 3.22. The summed E-state index contributed by atoms with van der Waals surface area (Å²) in [6.07, 6.45) is 5.36. The monoisotopic (exact) mass is 473 g/mol. The molecule has 33 heavy (non-hydrogen) atoms. The number of carbonyl (C=O) groups excluding carboxylic acids is 1. The Labute approximate surface area is 189 Å². The van der Waals surface area contributed by atoms with E-state index in [1.807, 2.05) is 0 Å². The number of carboxylic acid groups (broad SMARTS) is 1. The minimum atomic E-state index is -4.08. The van der Waals surface area contributed by atoms with Gasteiger partial charge in [-0.3, -0.25) is 4.98 Å². The lowest BCUT2D eigenvalue weighted by atomic mass is 10.1. The largest absolute Gasteiger partial charge is 0.478 e. The Hall–Kier alpha value is -3.83. The molecule has 0 spiro atoms. The van der Waals surface area contributed by atoms with Crippen LogP contribution in [0.25, 0.3) is 11.3 Å². The summed E-state index contributed by atoms with van der Waals surface area (Å²) in [6, 6.07) is 8.72. The molecule has 2 heterocycles. The third-order valence-electron chi connectivity index (χ3n) is 4.50. The van der Waals surface area contributed by atoms with Crippen molar-refractivity contribution in [2.24, 2.45) is 0 Å². The van der Waals surface area contributed by atoms with Crippen molar-refractivity contribution in [2.45, 2.75) is 18.0 Å². The summed E-state index contributed by atoms with van der Waals surface area (Å²) >= 11 is 0. The number of benzene rings is 1. The average molecular weight is 473 g/mol. The summed E-state index contributed by atoms with van der Waals surface area (Å²) < 4.78 is 47.7. The maximum absolute atomic E-state index is 15.3. The molecule has 0 saturated heterocycles. The number of carbonyl (C=O) groups is 2. The molecular weight excluding hydrogens is 453 g/mol. The molecule has 2 aromatic heterocycles. The first-order chi connectivity index (χ1) is 15.7. The fourth-order valence-corrected chi connectivity index (χ4v) is 4.39. The van der Waals surface area contributed by atoms with E-state index in [0.717, 1.165) is 3.97 Å². The van der Waals surface area contributed by atoms with Crippen LogP contribution in [0.3, 0.4) is 0 Å². The quantitative estimate of drug-likeness (QED) is 0.358. The van der Waals surface area contributed by atoms with Crippen LogP contribution in [0.2, 0.25) is 0 Å². The molecule has 0 radical (unpaired) electrons. The van der Waals surface area contributed by atoms with Crippen LogP contribution < -0.4 is 5.32 Å². The fraction of sp³-hybridized carbons (Fsp3) is 0.136. The van der Waals surface area contributed by atoms with Crippen molar-refractivity contribution < 1.29 is 32.2 Å². The third-order valence-corrected chi connectivity index (χ3v) is 6.16. The SMILES string of the molecule is CNCc1cc(-c2cccc(COC(=O)/C=C/C(=O)O)c2F)n(S(=O)(=O)c2cccnc2)c1. The number of halogens is 1. The Morgan fingerprint density at radius 3 is 2.70 bits per heavy atom. The number of esters is 1. The number of rotatable bonds is 9. The molecule has 0 aliphatic heterocycles. The van der Waals surface area contributed by atoms with Gasteiger partial charge in [-0.2, -0.15) is 0 Å². The molecule has 0 aliphatic rings. The van der Waals surface area contributed by atoms with Crippen molar-refractivity contribution >= 4 is 22.0 Å². The van der Waals surface area contributed by atoms with Gasteiger partial charge in [0.15, 0.2) is 0 Å². The molecule has 172 valence electrons. The van der Waals surface area contributed by atoms with Crippen molar-refractivity contribution in [3.63, 3.8) is 0 Å². The molecule has 1 aromatic carbocycles. The van der Waals surface area contributed by atoms with E-state index in [0.29, 0.717) is 24.3 Å². The van der Waals surface area contributed by atoms with E-state index in [4.69, 9.17) is 9.84 Å². The van der Waals surface area contributed by atoms with Crippen molar-refractivity contribution in [1.29, 1.82) is 0 Å². The van der Waals surface area contributed by atoms with Gasteiger partial charge >= 0.3 is 11.9 Å². The second kappa shape index (κ2) is 10.2. The molecule has 3 aromatic rings. The maximum Gasteiger partial charge on any atom is 0.331 e. The van der Waals surface area contributed by atoms with E-state index >= 15 is 4.39 Å². The highest BCUT2D eigenvalue weighted by atomic mass is 32.2. The van der Waals surface area contributed by atoms with Crippen LogP contribution in [0, 0.1) is 5.82 Å². The lowest BCUT2D eigenvalue weighted by molar-refractivity contribution is -0.139. The second-order valence-electron chi connectivity index (χ2n) is 6.81. The molecule has 0 unspecified atom stereocenters. The molecule has 0 fully saturated rings. The minimum absolute atomic E-state index is 0.00809. The Kier molecular flexibility index (Phi) is 7.36. The Bertz CT molecular complexity index is 1300. The van der Waals surface area contributed by atoms with E-state index in [-0.39, 0.29) is 21.7 Å². The van der Waals surface area contributed by atoms with Crippen LogP contribution in [0.5, 0.6) is 0 Å². The van der Waals surface area contributed by atoms with E-state index in [1.54, 1.807) is 13.1 Å². The van der Waals surface area contributed by atoms with Gasteiger partial charge in [-0.05, 0) is 36.9 Å². The highest BCUT2D eigenvalue weighted by Gasteiger charge is 2.24. The number of hydrogen-bond donors (Lipinski definition) is 2. The highest BCUT2D eigenvalue weighted by Crippen LogP contribution is 2.30. The van der Waals surface area contributed by atoms with Gasteiger partial charge in [0.25, 0.3) is 10.0 Å². The number of hydrogen-bond acceptors (Lipinski definition) is 7. The summed E-state index contributed by atoms with van der Waals surface area (Å²) in [7, 11) is -2.38. The molecule has 0 bridgehead atoms. The summed E-state index contributed by atoms with van der Waals surface area (Å²) in [4.78, 5) is 25.9. The van der Waals surface area contributed by atoms with Crippen molar-refractivity contribution in [1.82, 2.24) is 14.3 Å². The number of carboxylic acids is 1. The predicted octanol–water partition coefficient (Wildman–Crippen LogP) is 2.33. The van der Waals surface area contributed by atoms with Crippen molar-refractivity contribution in [3.05, 3.63) is 84.1 Å². The topological polar surface area (TPSA) is 128 Å². The maximum atomic E-state index is 15.3. The van der Waals surface area contributed by atoms with Crippen LogP contribution in [0.4, 0.5) is 4.39 Å². The van der Waals surface area contributed by atoms with Gasteiger partial charge in [0.1, 0.15) is 17.3 Å². The summed E-state index contributed by atoms with van der Waals surface area (Å²) in [5.74, 6) is -3.06. The first-order valence-electron chi connectivity index (χ1n) is 9.61. The van der Waals surface area contributed by atoms with Gasteiger partial charge in [-0.25, -0.2) is 26.4 Å². The number of nitrogens with one attached hydrogen (secondary N) is 1. The van der Waals surface area contributed by atoms with Crippen molar-refractivity contribution in [2.75, 3.05) is 7.05 Å². The number of ether oxygens (including phenoxy) is 1. The van der Waals surface area contributed by atoms with E-state index in [9.17, 15) is 18.0 Å². The van der Waals surface area contributed by atoms with Crippen LogP contribution in [-0.4, -0.2) is 41.5 Å².